The zero-order chi connectivity index (χ0) is 24.7. The number of ether oxygens (including phenoxy) is 1. The molecule has 0 aliphatic heterocycles. The van der Waals surface area contributed by atoms with Gasteiger partial charge in [0.1, 0.15) is 11.8 Å². The van der Waals surface area contributed by atoms with Crippen molar-refractivity contribution in [3.05, 3.63) is 94.5 Å². The van der Waals surface area contributed by atoms with Gasteiger partial charge in [0.2, 0.25) is 0 Å². The molecule has 0 radical (unpaired) electrons. The molecule has 3 N–H and O–H groups in total. The number of nitrogens with one attached hydrogen (secondary N) is 2. The highest BCUT2D eigenvalue weighted by molar-refractivity contribution is 6.33. The van der Waals surface area contributed by atoms with Crippen LogP contribution in [0.3, 0.4) is 0 Å². The average Bonchev–Trinajstić information content (AvgIpc) is 2.80. The highest BCUT2D eigenvalue weighted by atomic mass is 35.5. The summed E-state index contributed by atoms with van der Waals surface area (Å²) in [6.45, 7) is 4.07. The normalized spacial score (nSPS) is 11.5. The van der Waals surface area contributed by atoms with Crippen molar-refractivity contribution in [2.24, 2.45) is 0 Å². The van der Waals surface area contributed by atoms with E-state index in [0.29, 0.717) is 17.0 Å². The average molecular weight is 481 g/mol. The lowest BCUT2D eigenvalue weighted by Gasteiger charge is -2.16. The van der Waals surface area contributed by atoms with Gasteiger partial charge in [0.05, 0.1) is 10.6 Å². The Morgan fingerprint density at radius 1 is 0.941 bits per heavy atom. The summed E-state index contributed by atoms with van der Waals surface area (Å²) in [6.07, 6.45) is -0.587. The third-order valence-electron chi connectivity index (χ3n) is 5.12. The molecule has 7 nitrogen and oxygen atoms in total. The van der Waals surface area contributed by atoms with Crippen LogP contribution in [0.25, 0.3) is 0 Å². The molecule has 0 aromatic heterocycles. The molecular weight excluding hydrogens is 456 g/mol. The first-order chi connectivity index (χ1) is 16.2. The first-order valence-corrected chi connectivity index (χ1v) is 11.1. The third kappa shape index (κ3) is 6.59. The van der Waals surface area contributed by atoms with Crippen molar-refractivity contribution >= 4 is 35.3 Å². The lowest BCUT2D eigenvalue weighted by Crippen LogP contribution is -2.42. The summed E-state index contributed by atoms with van der Waals surface area (Å²) in [5.74, 6) is -1.22. The van der Waals surface area contributed by atoms with Crippen LogP contribution in [-0.4, -0.2) is 29.1 Å². The number of hydrogen-bond donors (Lipinski definition) is 3. The predicted molar refractivity (Wildman–Crippen MR) is 131 cm³/mol. The fraction of sp³-hybridized carbons (Fsp3) is 0.192. The molecule has 34 heavy (non-hydrogen) atoms. The summed E-state index contributed by atoms with van der Waals surface area (Å²) in [6, 6.07) is 19.2. The Morgan fingerprint density at radius 2 is 1.59 bits per heavy atom. The van der Waals surface area contributed by atoms with Crippen LogP contribution in [0, 0.1) is 0 Å². The number of anilines is 1. The minimum atomic E-state index is -1.18. The van der Waals surface area contributed by atoms with Crippen molar-refractivity contribution in [2.45, 2.75) is 32.2 Å². The van der Waals surface area contributed by atoms with Gasteiger partial charge in [-0.25, -0.2) is 9.59 Å². The van der Waals surface area contributed by atoms with E-state index in [4.69, 9.17) is 16.3 Å². The number of halogens is 1. The molecule has 3 aromatic carbocycles. The van der Waals surface area contributed by atoms with Gasteiger partial charge in [0, 0.05) is 12.1 Å². The van der Waals surface area contributed by atoms with E-state index in [1.54, 1.807) is 42.5 Å². The van der Waals surface area contributed by atoms with Crippen LogP contribution in [0.2, 0.25) is 5.02 Å². The van der Waals surface area contributed by atoms with Gasteiger partial charge in [-0.3, -0.25) is 10.1 Å². The summed E-state index contributed by atoms with van der Waals surface area (Å²) in [7, 11) is 0. The van der Waals surface area contributed by atoms with Gasteiger partial charge in [-0.05, 0) is 47.4 Å². The number of rotatable bonds is 8. The highest BCUT2D eigenvalue weighted by Gasteiger charge is 2.22. The molecule has 3 rings (SSSR count). The molecule has 1 atom stereocenters. The summed E-state index contributed by atoms with van der Waals surface area (Å²) in [4.78, 5) is 36.5. The minimum absolute atomic E-state index is 0.0414. The molecule has 0 spiro atoms. The number of para-hydroxylation sites is 1. The molecule has 0 bridgehead atoms. The second kappa shape index (κ2) is 11.3. The van der Waals surface area contributed by atoms with Crippen molar-refractivity contribution in [3.63, 3.8) is 0 Å². The summed E-state index contributed by atoms with van der Waals surface area (Å²) < 4.78 is 5.35. The Hall–Kier alpha value is -3.84. The van der Waals surface area contributed by atoms with E-state index < -0.39 is 24.0 Å². The van der Waals surface area contributed by atoms with E-state index in [9.17, 15) is 19.5 Å². The number of hydrogen-bond acceptors (Lipinski definition) is 4. The van der Waals surface area contributed by atoms with E-state index >= 15 is 0 Å². The zero-order valence-corrected chi connectivity index (χ0v) is 19.5. The van der Waals surface area contributed by atoms with Gasteiger partial charge in [-0.2, -0.15) is 0 Å². The van der Waals surface area contributed by atoms with Gasteiger partial charge in [0.25, 0.3) is 5.91 Å². The number of aliphatic carboxylic acids is 1. The first-order valence-electron chi connectivity index (χ1n) is 10.7. The van der Waals surface area contributed by atoms with Crippen LogP contribution in [-0.2, 0) is 11.2 Å². The van der Waals surface area contributed by atoms with Crippen LogP contribution >= 0.6 is 11.6 Å². The first kappa shape index (κ1) is 24.8. The van der Waals surface area contributed by atoms with Crippen LogP contribution in [0.15, 0.2) is 72.8 Å². The standard InChI is InChI=1S/C26H25ClN2O5/c1-16(2)19-7-4-6-10-22(19)29-26(33)34-18-13-11-17(12-14-18)15-23(25(31)32)28-24(30)20-8-3-5-9-21(20)27/h3-14,16,23H,15H2,1-2H3,(H,28,30)(H,29,33)(H,31,32)/t23-/m0/s1. The second-order valence-electron chi connectivity index (χ2n) is 7.95. The highest BCUT2D eigenvalue weighted by Crippen LogP contribution is 2.24. The minimum Gasteiger partial charge on any atom is -0.480 e. The molecule has 0 heterocycles. The molecule has 0 saturated carbocycles. The van der Waals surface area contributed by atoms with E-state index in [0.717, 1.165) is 5.56 Å². The molecule has 176 valence electrons. The van der Waals surface area contributed by atoms with Crippen molar-refractivity contribution < 1.29 is 24.2 Å². The maximum absolute atomic E-state index is 12.4. The Balaban J connectivity index is 1.62. The van der Waals surface area contributed by atoms with Crippen LogP contribution in [0.1, 0.15) is 41.3 Å². The summed E-state index contributed by atoms with van der Waals surface area (Å²) in [5, 5.41) is 15.0. The Labute approximate surface area is 202 Å². The van der Waals surface area contributed by atoms with E-state index in [1.165, 1.54) is 6.07 Å². The predicted octanol–water partition coefficient (Wildman–Crippen LogP) is 5.50. The smallest absolute Gasteiger partial charge is 0.417 e. The maximum Gasteiger partial charge on any atom is 0.417 e. The maximum atomic E-state index is 12.4. The number of carboxylic acids is 1. The zero-order valence-electron chi connectivity index (χ0n) is 18.7. The van der Waals surface area contributed by atoms with Gasteiger partial charge < -0.3 is 15.2 Å². The molecule has 8 heteroatoms. The third-order valence-corrected chi connectivity index (χ3v) is 5.44. The van der Waals surface area contributed by atoms with Crippen molar-refractivity contribution in [3.8, 4) is 5.75 Å². The van der Waals surface area contributed by atoms with Gasteiger partial charge in [-0.15, -0.1) is 0 Å². The van der Waals surface area contributed by atoms with Gasteiger partial charge in [-0.1, -0.05) is 67.9 Å². The lowest BCUT2D eigenvalue weighted by atomic mass is 10.0. The van der Waals surface area contributed by atoms with E-state index in [2.05, 4.69) is 10.6 Å². The molecule has 0 aliphatic rings. The topological polar surface area (TPSA) is 105 Å². The van der Waals surface area contributed by atoms with E-state index in [-0.39, 0.29) is 22.9 Å². The number of carbonyl (C=O) groups excluding carboxylic acids is 2. The summed E-state index contributed by atoms with van der Waals surface area (Å²) in [5.41, 5.74) is 2.51. The van der Waals surface area contributed by atoms with Crippen LogP contribution in [0.5, 0.6) is 5.75 Å². The molecule has 3 aromatic rings. The van der Waals surface area contributed by atoms with Gasteiger partial charge >= 0.3 is 12.1 Å². The van der Waals surface area contributed by atoms with Gasteiger partial charge in [0.15, 0.2) is 0 Å². The Morgan fingerprint density at radius 3 is 2.24 bits per heavy atom. The Bertz CT molecular complexity index is 1180. The largest absolute Gasteiger partial charge is 0.480 e. The molecule has 0 aliphatic carbocycles. The quantitative estimate of drug-likeness (QED) is 0.395. The monoisotopic (exact) mass is 480 g/mol. The number of carboxylic acid groups (broad SMARTS) is 1. The van der Waals surface area contributed by atoms with Crippen molar-refractivity contribution in [1.82, 2.24) is 5.32 Å². The SMILES string of the molecule is CC(C)c1ccccc1NC(=O)Oc1ccc(C[C@H](NC(=O)c2ccccc2Cl)C(=O)O)cc1. The van der Waals surface area contributed by atoms with Crippen molar-refractivity contribution in [1.29, 1.82) is 0 Å². The molecule has 2 amide bonds. The molecular formula is C26H25ClN2O5. The Kier molecular flexibility index (Phi) is 8.27. The second-order valence-corrected chi connectivity index (χ2v) is 8.36. The number of benzene rings is 3. The molecule has 0 saturated heterocycles. The fourth-order valence-electron chi connectivity index (χ4n) is 3.37. The summed E-state index contributed by atoms with van der Waals surface area (Å²) >= 11 is 6.02. The lowest BCUT2D eigenvalue weighted by molar-refractivity contribution is -0.139. The fourth-order valence-corrected chi connectivity index (χ4v) is 3.59. The van der Waals surface area contributed by atoms with Crippen molar-refractivity contribution in [2.75, 3.05) is 5.32 Å². The number of amides is 2. The molecule has 0 unspecified atom stereocenters. The van der Waals surface area contributed by atoms with E-state index in [1.807, 2.05) is 38.1 Å². The number of carbonyl (C=O) groups is 3. The van der Waals surface area contributed by atoms with Crippen LogP contribution in [0.4, 0.5) is 10.5 Å². The van der Waals surface area contributed by atoms with Crippen LogP contribution < -0.4 is 15.4 Å². The molecule has 0 fully saturated rings.